The molecule has 0 fully saturated rings. The van der Waals surface area contributed by atoms with Crippen LogP contribution in [0.2, 0.25) is 0 Å². The Morgan fingerprint density at radius 1 is 1.33 bits per heavy atom. The third-order valence-corrected chi connectivity index (χ3v) is 2.51. The predicted octanol–water partition coefficient (Wildman–Crippen LogP) is 3.36. The highest BCUT2D eigenvalue weighted by molar-refractivity contribution is 5.19. The Kier molecular flexibility index (Phi) is 4.85. The zero-order valence-electron chi connectivity index (χ0n) is 11.8. The largest absolute Gasteiger partial charge is 0.308 e. The Hall–Kier alpha value is -0.970. The molecule has 0 amide bonds. The van der Waals surface area contributed by atoms with Gasteiger partial charge in [-0.2, -0.15) is 5.10 Å². The first-order valence-corrected chi connectivity index (χ1v) is 6.28. The Morgan fingerprint density at radius 2 is 1.94 bits per heavy atom. The molecule has 3 nitrogen and oxygen atoms in total. The van der Waals surface area contributed by atoms with Gasteiger partial charge in [0, 0.05) is 24.2 Å². The molecule has 5 heteroatoms. The molecule has 1 aromatic heterocycles. The average Bonchev–Trinajstić information content (AvgIpc) is 2.55. The van der Waals surface area contributed by atoms with E-state index in [2.05, 4.69) is 10.4 Å². The van der Waals surface area contributed by atoms with Gasteiger partial charge in [0.25, 0.3) is 6.43 Å². The monoisotopic (exact) mass is 259 g/mol. The Balaban J connectivity index is 2.88. The van der Waals surface area contributed by atoms with Crippen molar-refractivity contribution in [3.8, 4) is 0 Å². The van der Waals surface area contributed by atoms with Crippen LogP contribution >= 0.6 is 0 Å². The molecule has 0 aromatic carbocycles. The molecule has 0 radical (unpaired) electrons. The maximum absolute atomic E-state index is 13.1. The molecule has 104 valence electrons. The molecule has 0 saturated carbocycles. The van der Waals surface area contributed by atoms with Crippen LogP contribution in [-0.2, 0) is 13.1 Å². The second-order valence-electron chi connectivity index (χ2n) is 6.04. The van der Waals surface area contributed by atoms with Crippen LogP contribution in [0.15, 0.2) is 6.20 Å². The summed E-state index contributed by atoms with van der Waals surface area (Å²) in [6.07, 6.45) is -0.939. The van der Waals surface area contributed by atoms with Crippen molar-refractivity contribution in [2.45, 2.75) is 59.7 Å². The van der Waals surface area contributed by atoms with Gasteiger partial charge >= 0.3 is 0 Å². The fourth-order valence-corrected chi connectivity index (χ4v) is 1.67. The normalized spacial score (nSPS) is 12.7. The minimum absolute atomic E-state index is 0.0421. The summed E-state index contributed by atoms with van der Waals surface area (Å²) in [6.45, 7) is 10.9. The average molecular weight is 259 g/mol. The predicted molar refractivity (Wildman–Crippen MR) is 68.6 cm³/mol. The van der Waals surface area contributed by atoms with E-state index in [0.717, 1.165) is 0 Å². The first-order chi connectivity index (χ1) is 8.20. The summed E-state index contributed by atoms with van der Waals surface area (Å²) in [5.74, 6) is 0.297. The number of alkyl halides is 2. The summed E-state index contributed by atoms with van der Waals surface area (Å²) in [4.78, 5) is 0. The molecule has 0 aliphatic heterocycles. The summed E-state index contributed by atoms with van der Waals surface area (Å²) in [7, 11) is 0. The summed E-state index contributed by atoms with van der Waals surface area (Å²) in [6, 6.07) is 0. The van der Waals surface area contributed by atoms with E-state index in [4.69, 9.17) is 0 Å². The standard InChI is InChI=1S/C13H23F2N3/c1-9(2)8-18-11(12(14)15)10(7-17-18)6-16-13(3,4)5/h7,9,12,16H,6,8H2,1-5H3. The highest BCUT2D eigenvalue weighted by Crippen LogP contribution is 2.24. The van der Waals surface area contributed by atoms with Crippen molar-refractivity contribution in [2.24, 2.45) is 5.92 Å². The number of nitrogens with one attached hydrogen (secondary N) is 1. The first-order valence-electron chi connectivity index (χ1n) is 6.28. The van der Waals surface area contributed by atoms with Gasteiger partial charge in [-0.25, -0.2) is 8.78 Å². The van der Waals surface area contributed by atoms with Gasteiger partial charge in [0.05, 0.1) is 6.20 Å². The Labute approximate surface area is 108 Å². The van der Waals surface area contributed by atoms with Crippen LogP contribution in [0.1, 0.15) is 52.3 Å². The highest BCUT2D eigenvalue weighted by Gasteiger charge is 2.21. The van der Waals surface area contributed by atoms with Crippen LogP contribution in [0.25, 0.3) is 0 Å². The van der Waals surface area contributed by atoms with Gasteiger partial charge in [0.2, 0.25) is 0 Å². The van der Waals surface area contributed by atoms with Crippen LogP contribution in [-0.4, -0.2) is 15.3 Å². The zero-order valence-corrected chi connectivity index (χ0v) is 11.8. The number of rotatable bonds is 5. The number of hydrogen-bond donors (Lipinski definition) is 1. The highest BCUT2D eigenvalue weighted by atomic mass is 19.3. The number of nitrogens with zero attached hydrogens (tertiary/aromatic N) is 2. The van der Waals surface area contributed by atoms with E-state index >= 15 is 0 Å². The molecule has 0 spiro atoms. The summed E-state index contributed by atoms with van der Waals surface area (Å²) >= 11 is 0. The fourth-order valence-electron chi connectivity index (χ4n) is 1.67. The van der Waals surface area contributed by atoms with Crippen molar-refractivity contribution < 1.29 is 8.78 Å². The van der Waals surface area contributed by atoms with E-state index < -0.39 is 6.43 Å². The second-order valence-corrected chi connectivity index (χ2v) is 6.04. The first kappa shape index (κ1) is 15.1. The topological polar surface area (TPSA) is 29.9 Å². The second kappa shape index (κ2) is 5.78. The van der Waals surface area contributed by atoms with E-state index in [1.165, 1.54) is 4.68 Å². The molecule has 0 bridgehead atoms. The maximum Gasteiger partial charge on any atom is 0.280 e. The molecule has 1 aromatic rings. The van der Waals surface area contributed by atoms with Crippen LogP contribution in [0.5, 0.6) is 0 Å². The van der Waals surface area contributed by atoms with Gasteiger partial charge < -0.3 is 5.32 Å². The lowest BCUT2D eigenvalue weighted by molar-refractivity contribution is 0.136. The number of aromatic nitrogens is 2. The SMILES string of the molecule is CC(C)Cn1ncc(CNC(C)(C)C)c1C(F)F. The molecule has 0 aliphatic carbocycles. The minimum atomic E-state index is -2.48. The van der Waals surface area contributed by atoms with Gasteiger partial charge in [-0.15, -0.1) is 0 Å². The third-order valence-electron chi connectivity index (χ3n) is 2.51. The van der Waals surface area contributed by atoms with E-state index in [1.54, 1.807) is 6.20 Å². The molecule has 1 heterocycles. The smallest absolute Gasteiger partial charge is 0.280 e. The van der Waals surface area contributed by atoms with Gasteiger partial charge in [0.1, 0.15) is 5.69 Å². The van der Waals surface area contributed by atoms with Crippen molar-refractivity contribution in [1.82, 2.24) is 15.1 Å². The van der Waals surface area contributed by atoms with Gasteiger partial charge in [-0.3, -0.25) is 4.68 Å². The number of hydrogen-bond acceptors (Lipinski definition) is 2. The van der Waals surface area contributed by atoms with E-state index in [1.807, 2.05) is 34.6 Å². The lowest BCUT2D eigenvalue weighted by atomic mass is 10.1. The van der Waals surface area contributed by atoms with E-state index in [0.29, 0.717) is 24.6 Å². The maximum atomic E-state index is 13.1. The van der Waals surface area contributed by atoms with Crippen molar-refractivity contribution in [2.75, 3.05) is 0 Å². The molecule has 0 unspecified atom stereocenters. The molecule has 0 aliphatic rings. The molecule has 0 atom stereocenters. The molecule has 18 heavy (non-hydrogen) atoms. The van der Waals surface area contributed by atoms with E-state index in [-0.39, 0.29) is 11.2 Å². The molecular formula is C13H23F2N3. The van der Waals surface area contributed by atoms with Crippen molar-refractivity contribution in [3.05, 3.63) is 17.5 Å². The molecule has 1 N–H and O–H groups in total. The van der Waals surface area contributed by atoms with Gasteiger partial charge in [0.15, 0.2) is 0 Å². The van der Waals surface area contributed by atoms with Crippen molar-refractivity contribution in [3.63, 3.8) is 0 Å². The summed E-state index contributed by atoms with van der Waals surface area (Å²) in [5, 5.41) is 7.29. The molecule has 0 saturated heterocycles. The Morgan fingerprint density at radius 3 is 2.39 bits per heavy atom. The molecular weight excluding hydrogens is 236 g/mol. The van der Waals surface area contributed by atoms with Crippen LogP contribution in [0, 0.1) is 5.92 Å². The van der Waals surface area contributed by atoms with Gasteiger partial charge in [-0.05, 0) is 26.7 Å². The number of halogens is 2. The quantitative estimate of drug-likeness (QED) is 0.878. The van der Waals surface area contributed by atoms with Crippen LogP contribution in [0.4, 0.5) is 8.78 Å². The van der Waals surface area contributed by atoms with E-state index in [9.17, 15) is 8.78 Å². The molecule has 1 rings (SSSR count). The third kappa shape index (κ3) is 4.37. The summed E-state index contributed by atoms with van der Waals surface area (Å²) in [5.41, 5.74) is 0.528. The fraction of sp³-hybridized carbons (Fsp3) is 0.769. The lowest BCUT2D eigenvalue weighted by Gasteiger charge is -2.20. The van der Waals surface area contributed by atoms with Crippen molar-refractivity contribution >= 4 is 0 Å². The van der Waals surface area contributed by atoms with Crippen molar-refractivity contribution in [1.29, 1.82) is 0 Å². The Bertz CT molecular complexity index is 378. The zero-order chi connectivity index (χ0) is 13.9. The minimum Gasteiger partial charge on any atom is -0.308 e. The van der Waals surface area contributed by atoms with Crippen LogP contribution < -0.4 is 5.32 Å². The van der Waals surface area contributed by atoms with Crippen LogP contribution in [0.3, 0.4) is 0 Å². The van der Waals surface area contributed by atoms with Gasteiger partial charge in [-0.1, -0.05) is 13.8 Å². The lowest BCUT2D eigenvalue weighted by Crippen LogP contribution is -2.35. The summed E-state index contributed by atoms with van der Waals surface area (Å²) < 4.78 is 27.6.